The van der Waals surface area contributed by atoms with E-state index < -0.39 is 0 Å². The predicted octanol–water partition coefficient (Wildman–Crippen LogP) is 3.24. The summed E-state index contributed by atoms with van der Waals surface area (Å²) < 4.78 is 5.94. The fourth-order valence-electron chi connectivity index (χ4n) is 3.08. The van der Waals surface area contributed by atoms with Gasteiger partial charge >= 0.3 is 0 Å². The summed E-state index contributed by atoms with van der Waals surface area (Å²) in [5.74, 6) is 0.891. The molecule has 2 N–H and O–H groups in total. The molecule has 0 radical (unpaired) electrons. The van der Waals surface area contributed by atoms with E-state index in [2.05, 4.69) is 41.3 Å². The normalized spacial score (nSPS) is 16.3. The Labute approximate surface area is 166 Å². The number of guanidine groups is 1. The zero-order valence-electron chi connectivity index (χ0n) is 16.1. The second-order valence-electron chi connectivity index (χ2n) is 6.63. The van der Waals surface area contributed by atoms with Gasteiger partial charge in [0.1, 0.15) is 0 Å². The van der Waals surface area contributed by atoms with Gasteiger partial charge in [-0.2, -0.15) is 0 Å². The summed E-state index contributed by atoms with van der Waals surface area (Å²) >= 11 is 0. The maximum atomic E-state index is 5.94. The van der Waals surface area contributed by atoms with Gasteiger partial charge in [0.2, 0.25) is 0 Å². The number of halogens is 1. The Balaban J connectivity index is 0.00000529. The highest BCUT2D eigenvalue weighted by Gasteiger charge is 2.13. The van der Waals surface area contributed by atoms with Crippen LogP contribution in [0.3, 0.4) is 0 Å². The molecule has 0 aromatic heterocycles. The molecular weight excluding hydrogens is 415 g/mol. The fourth-order valence-corrected chi connectivity index (χ4v) is 3.08. The summed E-state index contributed by atoms with van der Waals surface area (Å²) in [6.07, 6.45) is 8.10. The molecule has 6 heteroatoms. The van der Waals surface area contributed by atoms with Crippen molar-refractivity contribution in [2.24, 2.45) is 4.99 Å². The summed E-state index contributed by atoms with van der Waals surface area (Å²) in [5.41, 5.74) is 0. The molecule has 0 aromatic carbocycles. The highest BCUT2D eigenvalue weighted by Crippen LogP contribution is 2.20. The van der Waals surface area contributed by atoms with Crippen LogP contribution in [-0.4, -0.2) is 62.8 Å². The molecule has 0 amide bonds. The summed E-state index contributed by atoms with van der Waals surface area (Å²) in [5, 5.41) is 6.75. The molecule has 1 saturated carbocycles. The van der Waals surface area contributed by atoms with Crippen LogP contribution in [0.5, 0.6) is 0 Å². The van der Waals surface area contributed by atoms with Gasteiger partial charge in [-0.05, 0) is 39.7 Å². The average molecular weight is 454 g/mol. The number of aliphatic imine (C=N–C) groups is 1. The first-order chi connectivity index (χ1) is 11.2. The minimum absolute atomic E-state index is 0. The average Bonchev–Trinajstić information content (AvgIpc) is 2.57. The number of hydrogen-bond acceptors (Lipinski definition) is 3. The molecule has 0 aliphatic heterocycles. The van der Waals surface area contributed by atoms with Crippen LogP contribution in [0.15, 0.2) is 4.99 Å². The van der Waals surface area contributed by atoms with E-state index in [4.69, 9.17) is 4.74 Å². The number of ether oxygens (including phenoxy) is 1. The van der Waals surface area contributed by atoms with Gasteiger partial charge in [0, 0.05) is 39.3 Å². The monoisotopic (exact) mass is 454 g/mol. The number of hydrogen-bond donors (Lipinski definition) is 2. The van der Waals surface area contributed by atoms with E-state index in [1.54, 1.807) is 0 Å². The third-order valence-electron chi connectivity index (χ3n) is 4.57. The zero-order valence-corrected chi connectivity index (χ0v) is 18.5. The van der Waals surface area contributed by atoms with Crippen LogP contribution in [0.4, 0.5) is 0 Å². The van der Waals surface area contributed by atoms with Crippen molar-refractivity contribution >= 4 is 29.9 Å². The largest absolute Gasteiger partial charge is 0.378 e. The molecule has 1 rings (SSSR count). The highest BCUT2D eigenvalue weighted by atomic mass is 127. The molecule has 1 aliphatic carbocycles. The van der Waals surface area contributed by atoms with E-state index in [0.717, 1.165) is 45.2 Å². The predicted molar refractivity (Wildman–Crippen MR) is 115 cm³/mol. The van der Waals surface area contributed by atoms with Crippen LogP contribution < -0.4 is 10.6 Å². The number of nitrogens with zero attached hydrogens (tertiary/aromatic N) is 2. The van der Waals surface area contributed by atoms with Crippen LogP contribution in [0.2, 0.25) is 0 Å². The summed E-state index contributed by atoms with van der Waals surface area (Å²) in [7, 11) is 1.83. The van der Waals surface area contributed by atoms with Crippen molar-refractivity contribution in [2.75, 3.05) is 39.8 Å². The molecule has 0 saturated heterocycles. The molecule has 5 nitrogen and oxygen atoms in total. The van der Waals surface area contributed by atoms with Crippen molar-refractivity contribution in [3.05, 3.63) is 0 Å². The van der Waals surface area contributed by atoms with Gasteiger partial charge in [-0.15, -0.1) is 24.0 Å². The topological polar surface area (TPSA) is 48.9 Å². The quantitative estimate of drug-likeness (QED) is 0.230. The first-order valence-electron chi connectivity index (χ1n) is 9.47. The van der Waals surface area contributed by atoms with E-state index in [1.807, 2.05) is 7.05 Å². The van der Waals surface area contributed by atoms with Crippen molar-refractivity contribution in [1.82, 2.24) is 15.5 Å². The third kappa shape index (κ3) is 10.7. The van der Waals surface area contributed by atoms with E-state index in [1.165, 1.54) is 32.1 Å². The Morgan fingerprint density at radius 2 is 1.83 bits per heavy atom. The Morgan fingerprint density at radius 1 is 1.17 bits per heavy atom. The second kappa shape index (κ2) is 15.2. The van der Waals surface area contributed by atoms with Crippen LogP contribution in [-0.2, 0) is 4.74 Å². The lowest BCUT2D eigenvalue weighted by Crippen LogP contribution is -2.43. The van der Waals surface area contributed by atoms with Crippen molar-refractivity contribution in [1.29, 1.82) is 0 Å². The lowest BCUT2D eigenvalue weighted by molar-refractivity contribution is 0.0277. The van der Waals surface area contributed by atoms with E-state index in [9.17, 15) is 0 Å². The molecule has 0 spiro atoms. The zero-order chi connectivity index (χ0) is 16.9. The summed E-state index contributed by atoms with van der Waals surface area (Å²) in [6.45, 7) is 11.5. The molecule has 0 bridgehead atoms. The minimum Gasteiger partial charge on any atom is -0.378 e. The Hall–Kier alpha value is -0.0800. The van der Waals surface area contributed by atoms with Crippen molar-refractivity contribution < 1.29 is 4.74 Å². The van der Waals surface area contributed by atoms with E-state index in [-0.39, 0.29) is 24.0 Å². The maximum absolute atomic E-state index is 5.94. The van der Waals surface area contributed by atoms with E-state index in [0.29, 0.717) is 12.1 Å². The van der Waals surface area contributed by atoms with Crippen molar-refractivity contribution in [3.63, 3.8) is 0 Å². The standard InChI is InChI=1S/C18H38N4O.HI/c1-5-22(16(2)3)14-13-21-18(19-4)20-12-9-15-23-17-10-7-6-8-11-17;/h16-17H,5-15H2,1-4H3,(H2,19,20,21);1H. The Bertz CT molecular complexity index is 320. The molecule has 1 fully saturated rings. The van der Waals surface area contributed by atoms with E-state index >= 15 is 0 Å². The summed E-state index contributed by atoms with van der Waals surface area (Å²) in [4.78, 5) is 6.72. The first kappa shape index (κ1) is 23.9. The molecule has 0 atom stereocenters. The fraction of sp³-hybridized carbons (Fsp3) is 0.944. The third-order valence-corrected chi connectivity index (χ3v) is 4.57. The second-order valence-corrected chi connectivity index (χ2v) is 6.63. The minimum atomic E-state index is 0. The smallest absolute Gasteiger partial charge is 0.191 e. The Morgan fingerprint density at radius 3 is 2.42 bits per heavy atom. The van der Waals surface area contributed by atoms with Crippen LogP contribution in [0.1, 0.15) is 59.3 Å². The lowest BCUT2D eigenvalue weighted by Gasteiger charge is -2.25. The summed E-state index contributed by atoms with van der Waals surface area (Å²) in [6, 6.07) is 0.591. The van der Waals surface area contributed by atoms with Crippen molar-refractivity contribution in [3.8, 4) is 0 Å². The van der Waals surface area contributed by atoms with Crippen LogP contribution in [0.25, 0.3) is 0 Å². The highest BCUT2D eigenvalue weighted by molar-refractivity contribution is 14.0. The van der Waals surface area contributed by atoms with Gasteiger partial charge in [-0.1, -0.05) is 26.2 Å². The van der Waals surface area contributed by atoms with Gasteiger partial charge in [-0.25, -0.2) is 0 Å². The van der Waals surface area contributed by atoms with Crippen molar-refractivity contribution in [2.45, 2.75) is 71.4 Å². The van der Waals surface area contributed by atoms with Gasteiger partial charge < -0.3 is 15.4 Å². The molecule has 1 aliphatic rings. The number of nitrogens with one attached hydrogen (secondary N) is 2. The molecule has 0 heterocycles. The lowest BCUT2D eigenvalue weighted by atomic mass is 9.98. The van der Waals surface area contributed by atoms with Crippen LogP contribution in [0, 0.1) is 0 Å². The van der Waals surface area contributed by atoms with Crippen LogP contribution >= 0.6 is 24.0 Å². The SMILES string of the molecule is CCN(CCNC(=NC)NCCCOC1CCCCC1)C(C)C.I. The molecule has 24 heavy (non-hydrogen) atoms. The Kier molecular flexibility index (Phi) is 15.1. The maximum Gasteiger partial charge on any atom is 0.191 e. The first-order valence-corrected chi connectivity index (χ1v) is 9.47. The molecule has 0 unspecified atom stereocenters. The van der Waals surface area contributed by atoms with Gasteiger partial charge in [0.25, 0.3) is 0 Å². The molecular formula is C18H39IN4O. The molecule has 144 valence electrons. The van der Waals surface area contributed by atoms with Gasteiger partial charge in [0.15, 0.2) is 5.96 Å². The van der Waals surface area contributed by atoms with Gasteiger partial charge in [-0.3, -0.25) is 9.89 Å². The molecule has 0 aromatic rings. The number of likely N-dealkylation sites (N-methyl/N-ethyl adjacent to an activating group) is 1. The van der Waals surface area contributed by atoms with Gasteiger partial charge in [0.05, 0.1) is 6.10 Å². The number of rotatable bonds is 10.